The van der Waals surface area contributed by atoms with E-state index >= 15 is 0 Å². The smallest absolute Gasteiger partial charge is 0.0951 e. The molecule has 0 radical (unpaired) electrons. The van der Waals surface area contributed by atoms with Gasteiger partial charge in [0.05, 0.1) is 6.33 Å². The molecule has 1 aliphatic heterocycles. The van der Waals surface area contributed by atoms with Gasteiger partial charge in [-0.2, -0.15) is 0 Å². The highest BCUT2D eigenvalue weighted by atomic mass is 15.1. The third-order valence-corrected chi connectivity index (χ3v) is 4.03. The summed E-state index contributed by atoms with van der Waals surface area (Å²) in [7, 11) is 0. The fourth-order valence-corrected chi connectivity index (χ4v) is 2.93. The molecule has 3 nitrogen and oxygen atoms in total. The lowest BCUT2D eigenvalue weighted by Gasteiger charge is -2.27. The molecular formula is C13H19N3. The predicted octanol–water partition coefficient (Wildman–Crippen LogP) is 2.03. The minimum absolute atomic E-state index is 0.277. The molecule has 16 heavy (non-hydrogen) atoms. The van der Waals surface area contributed by atoms with Crippen LogP contribution in [0.1, 0.15) is 37.9 Å². The number of nitrogens with one attached hydrogen (secondary N) is 1. The lowest BCUT2D eigenvalue weighted by Crippen LogP contribution is -2.28. The maximum atomic E-state index is 4.36. The molecule has 0 aromatic carbocycles. The zero-order chi connectivity index (χ0) is 11.0. The van der Waals surface area contributed by atoms with Crippen LogP contribution in [0, 0.1) is 0 Å². The maximum absolute atomic E-state index is 4.36. The minimum Gasteiger partial charge on any atom is -0.330 e. The predicted molar refractivity (Wildman–Crippen MR) is 64.5 cm³/mol. The normalized spacial score (nSPS) is 30.3. The third-order valence-electron chi connectivity index (χ3n) is 4.03. The molecular weight excluding hydrogens is 198 g/mol. The van der Waals surface area contributed by atoms with E-state index < -0.39 is 0 Å². The van der Waals surface area contributed by atoms with Crippen LogP contribution in [0.4, 0.5) is 0 Å². The van der Waals surface area contributed by atoms with Gasteiger partial charge in [-0.05, 0) is 25.8 Å². The monoisotopic (exact) mass is 217 g/mol. The molecule has 3 rings (SSSR count). The minimum atomic E-state index is 0.277. The Hall–Kier alpha value is -1.09. The summed E-state index contributed by atoms with van der Waals surface area (Å²) in [5.41, 5.74) is 1.69. The van der Waals surface area contributed by atoms with Crippen molar-refractivity contribution in [3.05, 3.63) is 30.4 Å². The Bertz CT molecular complexity index is 391. The molecule has 1 saturated heterocycles. The summed E-state index contributed by atoms with van der Waals surface area (Å²) in [6, 6.07) is 0.606. The molecule has 2 aliphatic rings. The van der Waals surface area contributed by atoms with Crippen LogP contribution >= 0.6 is 0 Å². The molecule has 1 fully saturated rings. The van der Waals surface area contributed by atoms with E-state index in [1.165, 1.54) is 12.1 Å². The number of aromatic nitrogens is 2. The van der Waals surface area contributed by atoms with Crippen LogP contribution in [0.2, 0.25) is 0 Å². The molecule has 1 aromatic rings. The van der Waals surface area contributed by atoms with Gasteiger partial charge in [-0.1, -0.05) is 19.1 Å². The quantitative estimate of drug-likeness (QED) is 0.768. The Morgan fingerprint density at radius 1 is 1.44 bits per heavy atom. The first-order valence-electron chi connectivity index (χ1n) is 6.18. The van der Waals surface area contributed by atoms with E-state index in [9.17, 15) is 0 Å². The van der Waals surface area contributed by atoms with Gasteiger partial charge in [0.1, 0.15) is 0 Å². The lowest BCUT2D eigenvalue weighted by molar-refractivity contribution is 0.432. The Morgan fingerprint density at radius 3 is 2.94 bits per heavy atom. The highest BCUT2D eigenvalue weighted by molar-refractivity contribution is 5.19. The number of hydrogen-bond acceptors (Lipinski definition) is 2. The van der Waals surface area contributed by atoms with Gasteiger partial charge in [0.25, 0.3) is 0 Å². The van der Waals surface area contributed by atoms with Gasteiger partial charge in [0, 0.05) is 29.9 Å². The van der Waals surface area contributed by atoms with Gasteiger partial charge in [0.2, 0.25) is 0 Å². The first-order valence-corrected chi connectivity index (χ1v) is 6.18. The van der Waals surface area contributed by atoms with Crippen LogP contribution in [-0.4, -0.2) is 22.6 Å². The van der Waals surface area contributed by atoms with Crippen LogP contribution in [0.5, 0.6) is 0 Å². The van der Waals surface area contributed by atoms with Gasteiger partial charge in [0.15, 0.2) is 0 Å². The fraction of sp³-hybridized carbons (Fsp3) is 0.615. The Kier molecular flexibility index (Phi) is 2.36. The average molecular weight is 217 g/mol. The zero-order valence-corrected chi connectivity index (χ0v) is 9.82. The SMILES string of the molecule is CC1(c2cncn2C2CC=CC2)CCNC1. The van der Waals surface area contributed by atoms with Crippen molar-refractivity contribution in [2.45, 2.75) is 37.6 Å². The van der Waals surface area contributed by atoms with Crippen LogP contribution < -0.4 is 5.32 Å². The zero-order valence-electron chi connectivity index (χ0n) is 9.82. The number of hydrogen-bond donors (Lipinski definition) is 1. The van der Waals surface area contributed by atoms with Crippen molar-refractivity contribution in [1.29, 1.82) is 0 Å². The van der Waals surface area contributed by atoms with Gasteiger partial charge in [-0.25, -0.2) is 4.98 Å². The number of imidazole rings is 1. The van der Waals surface area contributed by atoms with E-state index in [0.29, 0.717) is 6.04 Å². The molecule has 0 bridgehead atoms. The highest BCUT2D eigenvalue weighted by Gasteiger charge is 2.34. The summed E-state index contributed by atoms with van der Waals surface area (Å²) in [4.78, 5) is 4.36. The standard InChI is InChI=1S/C13H19N3/c1-13(6-7-14-9-13)12-8-15-10-16(12)11-4-2-3-5-11/h2-3,8,10-11,14H,4-7,9H2,1H3. The molecule has 1 aliphatic carbocycles. The van der Waals surface area contributed by atoms with Gasteiger partial charge < -0.3 is 9.88 Å². The second-order valence-electron chi connectivity index (χ2n) is 5.27. The highest BCUT2D eigenvalue weighted by Crippen LogP contribution is 2.34. The van der Waals surface area contributed by atoms with E-state index in [0.717, 1.165) is 25.9 Å². The summed E-state index contributed by atoms with van der Waals surface area (Å²) >= 11 is 0. The van der Waals surface area contributed by atoms with Crippen molar-refractivity contribution in [1.82, 2.24) is 14.9 Å². The topological polar surface area (TPSA) is 29.9 Å². The van der Waals surface area contributed by atoms with E-state index in [1.54, 1.807) is 0 Å². The van der Waals surface area contributed by atoms with Crippen molar-refractivity contribution in [3.8, 4) is 0 Å². The van der Waals surface area contributed by atoms with Crippen molar-refractivity contribution < 1.29 is 0 Å². The Labute approximate surface area is 96.6 Å². The maximum Gasteiger partial charge on any atom is 0.0951 e. The third kappa shape index (κ3) is 1.50. The molecule has 2 heterocycles. The molecule has 3 heteroatoms. The number of nitrogens with zero attached hydrogens (tertiary/aromatic N) is 2. The van der Waals surface area contributed by atoms with Gasteiger partial charge in [-0.3, -0.25) is 0 Å². The molecule has 1 unspecified atom stereocenters. The van der Waals surface area contributed by atoms with Crippen molar-refractivity contribution in [3.63, 3.8) is 0 Å². The van der Waals surface area contributed by atoms with Crippen molar-refractivity contribution in [2.75, 3.05) is 13.1 Å². The van der Waals surface area contributed by atoms with Crippen molar-refractivity contribution in [2.24, 2.45) is 0 Å². The summed E-state index contributed by atoms with van der Waals surface area (Å²) < 4.78 is 2.40. The summed E-state index contributed by atoms with van der Waals surface area (Å²) in [5, 5.41) is 3.46. The molecule has 1 aromatic heterocycles. The molecule has 0 amide bonds. The Morgan fingerprint density at radius 2 is 2.25 bits per heavy atom. The molecule has 1 N–H and O–H groups in total. The van der Waals surface area contributed by atoms with E-state index in [1.807, 2.05) is 6.33 Å². The Balaban J connectivity index is 1.92. The van der Waals surface area contributed by atoms with E-state index in [-0.39, 0.29) is 5.41 Å². The second kappa shape index (κ2) is 3.74. The summed E-state index contributed by atoms with van der Waals surface area (Å²) in [6.07, 6.45) is 12.2. The summed E-state index contributed by atoms with van der Waals surface area (Å²) in [6.45, 7) is 4.56. The van der Waals surface area contributed by atoms with Crippen molar-refractivity contribution >= 4 is 0 Å². The second-order valence-corrected chi connectivity index (χ2v) is 5.27. The van der Waals surface area contributed by atoms with Crippen LogP contribution in [0.15, 0.2) is 24.7 Å². The molecule has 1 atom stereocenters. The largest absolute Gasteiger partial charge is 0.330 e. The lowest BCUT2D eigenvalue weighted by atomic mass is 9.86. The average Bonchev–Trinajstić information content (AvgIpc) is 2.98. The van der Waals surface area contributed by atoms with E-state index in [4.69, 9.17) is 0 Å². The van der Waals surface area contributed by atoms with Gasteiger partial charge in [-0.15, -0.1) is 0 Å². The van der Waals surface area contributed by atoms with E-state index in [2.05, 4.69) is 40.1 Å². The molecule has 0 saturated carbocycles. The van der Waals surface area contributed by atoms with Crippen LogP contribution in [0.25, 0.3) is 0 Å². The molecule has 0 spiro atoms. The number of allylic oxidation sites excluding steroid dienone is 2. The molecule has 86 valence electrons. The number of rotatable bonds is 2. The first-order chi connectivity index (χ1) is 7.80. The van der Waals surface area contributed by atoms with Crippen LogP contribution in [-0.2, 0) is 5.41 Å². The van der Waals surface area contributed by atoms with Crippen LogP contribution in [0.3, 0.4) is 0 Å². The summed E-state index contributed by atoms with van der Waals surface area (Å²) in [5.74, 6) is 0. The van der Waals surface area contributed by atoms with Gasteiger partial charge >= 0.3 is 0 Å². The first kappa shape index (κ1) is 10.1. The fourth-order valence-electron chi connectivity index (χ4n) is 2.93.